The molecular formula is C20H32IN5O3. The number of carbonyl (C=O) groups excluding carboxylic acids is 2. The third-order valence-corrected chi connectivity index (χ3v) is 4.20. The third kappa shape index (κ3) is 8.88. The molecule has 0 atom stereocenters. The van der Waals surface area contributed by atoms with Crippen molar-refractivity contribution >= 4 is 41.9 Å². The van der Waals surface area contributed by atoms with Crippen LogP contribution < -0.4 is 16.0 Å². The maximum absolute atomic E-state index is 12.5. The Balaban J connectivity index is 0.00000420. The topological polar surface area (TPSA) is 95.1 Å². The van der Waals surface area contributed by atoms with Crippen LogP contribution >= 0.6 is 24.0 Å². The number of aliphatic imine (C=N–C) groups is 1. The highest BCUT2D eigenvalue weighted by Gasteiger charge is 2.20. The van der Waals surface area contributed by atoms with Crippen LogP contribution in [0, 0.1) is 0 Å². The summed E-state index contributed by atoms with van der Waals surface area (Å²) in [5.74, 6) is 0.543. The minimum absolute atomic E-state index is 0. The molecule has 1 aromatic rings. The van der Waals surface area contributed by atoms with Crippen molar-refractivity contribution in [2.75, 3.05) is 33.2 Å². The molecule has 0 radical (unpaired) electrons. The minimum atomic E-state index is -0.523. The van der Waals surface area contributed by atoms with E-state index >= 15 is 0 Å². The van der Waals surface area contributed by atoms with Crippen molar-refractivity contribution < 1.29 is 14.3 Å². The van der Waals surface area contributed by atoms with E-state index in [2.05, 4.69) is 33.1 Å². The van der Waals surface area contributed by atoms with Gasteiger partial charge in [0, 0.05) is 33.2 Å². The molecule has 0 unspecified atom stereocenters. The lowest BCUT2D eigenvalue weighted by Gasteiger charge is -2.29. The molecule has 0 bridgehead atoms. The van der Waals surface area contributed by atoms with Crippen molar-refractivity contribution in [3.8, 4) is 0 Å². The van der Waals surface area contributed by atoms with Crippen LogP contribution in [0.2, 0.25) is 0 Å². The van der Waals surface area contributed by atoms with Gasteiger partial charge in [0.25, 0.3) is 0 Å². The molecule has 9 heteroatoms. The number of nitrogens with zero attached hydrogens (tertiary/aromatic N) is 2. The predicted molar refractivity (Wildman–Crippen MR) is 125 cm³/mol. The molecule has 8 nitrogen and oxygen atoms in total. The second-order valence-electron chi connectivity index (χ2n) is 7.62. The lowest BCUT2D eigenvalue weighted by Crippen LogP contribution is -2.47. The molecule has 0 saturated heterocycles. The van der Waals surface area contributed by atoms with Gasteiger partial charge in [0.15, 0.2) is 5.96 Å². The molecule has 3 N–H and O–H groups in total. The molecule has 0 aromatic heterocycles. The number of ether oxygens (including phenoxy) is 1. The number of amides is 2. The number of carbonyl (C=O) groups is 2. The van der Waals surface area contributed by atoms with E-state index in [1.807, 2.05) is 37.8 Å². The van der Waals surface area contributed by atoms with Gasteiger partial charge in [-0.1, -0.05) is 24.3 Å². The summed E-state index contributed by atoms with van der Waals surface area (Å²) in [6.45, 7) is 7.82. The van der Waals surface area contributed by atoms with Gasteiger partial charge in [-0.05, 0) is 38.3 Å². The van der Waals surface area contributed by atoms with E-state index in [4.69, 9.17) is 4.74 Å². The van der Waals surface area contributed by atoms with Crippen LogP contribution in [0.5, 0.6) is 0 Å². The molecule has 162 valence electrons. The van der Waals surface area contributed by atoms with E-state index in [1.54, 1.807) is 7.05 Å². The Morgan fingerprint density at radius 3 is 2.41 bits per heavy atom. The number of rotatable bonds is 5. The highest BCUT2D eigenvalue weighted by Crippen LogP contribution is 2.18. The van der Waals surface area contributed by atoms with Gasteiger partial charge in [-0.2, -0.15) is 0 Å². The fraction of sp³-hybridized carbons (Fsp3) is 0.550. The monoisotopic (exact) mass is 517 g/mol. The number of halogens is 1. The zero-order valence-corrected chi connectivity index (χ0v) is 19.9. The molecule has 0 spiro atoms. The second-order valence-corrected chi connectivity index (χ2v) is 7.62. The molecule has 2 rings (SSSR count). The highest BCUT2D eigenvalue weighted by atomic mass is 127. The van der Waals surface area contributed by atoms with Gasteiger partial charge in [0.2, 0.25) is 5.91 Å². The Morgan fingerprint density at radius 1 is 1.10 bits per heavy atom. The first kappa shape index (κ1) is 25.0. The van der Waals surface area contributed by atoms with Crippen LogP contribution in [0.4, 0.5) is 4.79 Å². The average Bonchev–Trinajstić information content (AvgIpc) is 2.65. The van der Waals surface area contributed by atoms with Crippen molar-refractivity contribution in [1.29, 1.82) is 0 Å². The summed E-state index contributed by atoms with van der Waals surface area (Å²) in [6, 6.07) is 8.22. The fourth-order valence-electron chi connectivity index (χ4n) is 2.86. The number of guanidine groups is 1. The van der Waals surface area contributed by atoms with Gasteiger partial charge in [-0.3, -0.25) is 9.79 Å². The van der Waals surface area contributed by atoms with Gasteiger partial charge in [0.1, 0.15) is 5.60 Å². The number of nitrogens with one attached hydrogen (secondary N) is 3. The predicted octanol–water partition coefficient (Wildman–Crippen LogP) is 1.88. The maximum atomic E-state index is 12.5. The Bertz CT molecular complexity index is 718. The first-order valence-corrected chi connectivity index (χ1v) is 9.54. The number of alkyl carbamates (subject to hydrolysis) is 1. The number of hydrogen-bond acceptors (Lipinski definition) is 4. The van der Waals surface area contributed by atoms with Gasteiger partial charge < -0.3 is 25.6 Å². The molecule has 0 saturated carbocycles. The van der Waals surface area contributed by atoms with Crippen molar-refractivity contribution in [3.63, 3.8) is 0 Å². The van der Waals surface area contributed by atoms with Crippen molar-refractivity contribution in [2.45, 2.75) is 39.3 Å². The van der Waals surface area contributed by atoms with Crippen molar-refractivity contribution in [1.82, 2.24) is 20.9 Å². The van der Waals surface area contributed by atoms with E-state index in [0.717, 1.165) is 13.0 Å². The average molecular weight is 517 g/mol. The van der Waals surface area contributed by atoms with Gasteiger partial charge in [-0.15, -0.1) is 24.0 Å². The van der Waals surface area contributed by atoms with Crippen LogP contribution in [0.3, 0.4) is 0 Å². The molecule has 1 aromatic carbocycles. The normalized spacial score (nSPS) is 13.7. The van der Waals surface area contributed by atoms with E-state index < -0.39 is 11.7 Å². The lowest BCUT2D eigenvalue weighted by molar-refractivity contribution is -0.130. The molecule has 0 aliphatic carbocycles. The van der Waals surface area contributed by atoms with E-state index in [-0.39, 0.29) is 36.4 Å². The third-order valence-electron chi connectivity index (χ3n) is 4.20. The zero-order valence-electron chi connectivity index (χ0n) is 17.6. The minimum Gasteiger partial charge on any atom is -0.444 e. The standard InChI is InChI=1S/C20H31N5O3.HI/c1-20(2,3)28-19(27)23-11-10-22-18(21-4)24-13-17(26)25-12-9-15-7-5-6-8-16(15)14-25;/h5-8H,9-14H2,1-4H3,(H,23,27)(H2,21,22,24);1H. The zero-order chi connectivity index (χ0) is 20.6. The molecule has 1 aliphatic rings. The fourth-order valence-corrected chi connectivity index (χ4v) is 2.86. The Labute approximate surface area is 189 Å². The van der Waals surface area contributed by atoms with Crippen molar-refractivity contribution in [2.24, 2.45) is 4.99 Å². The van der Waals surface area contributed by atoms with Gasteiger partial charge in [0.05, 0.1) is 6.54 Å². The largest absolute Gasteiger partial charge is 0.444 e. The number of fused-ring (bicyclic) bond motifs is 1. The van der Waals surface area contributed by atoms with E-state index in [9.17, 15) is 9.59 Å². The van der Waals surface area contributed by atoms with Crippen LogP contribution in [-0.4, -0.2) is 61.7 Å². The first-order valence-electron chi connectivity index (χ1n) is 9.54. The maximum Gasteiger partial charge on any atom is 0.407 e. The van der Waals surface area contributed by atoms with Crippen LogP contribution in [0.15, 0.2) is 29.3 Å². The molecule has 1 heterocycles. The smallest absolute Gasteiger partial charge is 0.407 e. The molecule has 29 heavy (non-hydrogen) atoms. The van der Waals surface area contributed by atoms with Gasteiger partial charge in [-0.25, -0.2) is 4.79 Å². The Hall–Kier alpha value is -2.04. The molecule has 1 aliphatic heterocycles. The summed E-state index contributed by atoms with van der Waals surface area (Å²) >= 11 is 0. The highest BCUT2D eigenvalue weighted by molar-refractivity contribution is 14.0. The molecule has 0 fully saturated rings. The summed E-state index contributed by atoms with van der Waals surface area (Å²) in [5.41, 5.74) is 2.00. The van der Waals surface area contributed by atoms with Crippen molar-refractivity contribution in [3.05, 3.63) is 35.4 Å². The van der Waals surface area contributed by atoms with E-state index in [1.165, 1.54) is 11.1 Å². The second kappa shape index (κ2) is 11.8. The van der Waals surface area contributed by atoms with Crippen LogP contribution in [-0.2, 0) is 22.5 Å². The molecular weight excluding hydrogens is 485 g/mol. The quantitative estimate of drug-likeness (QED) is 0.240. The molecule has 2 amide bonds. The summed E-state index contributed by atoms with van der Waals surface area (Å²) in [6.07, 6.45) is 0.420. The summed E-state index contributed by atoms with van der Waals surface area (Å²) in [5, 5.41) is 8.74. The Kier molecular flexibility index (Phi) is 10.2. The summed E-state index contributed by atoms with van der Waals surface area (Å²) in [4.78, 5) is 30.0. The van der Waals surface area contributed by atoms with E-state index in [0.29, 0.717) is 25.6 Å². The van der Waals surface area contributed by atoms with Gasteiger partial charge >= 0.3 is 6.09 Å². The number of hydrogen-bond donors (Lipinski definition) is 3. The first-order chi connectivity index (χ1) is 13.3. The Morgan fingerprint density at radius 2 is 1.76 bits per heavy atom. The SMILES string of the molecule is CN=C(NCCNC(=O)OC(C)(C)C)NCC(=O)N1CCc2ccccc2C1.I. The summed E-state index contributed by atoms with van der Waals surface area (Å²) in [7, 11) is 1.64. The van der Waals surface area contributed by atoms with Crippen LogP contribution in [0.1, 0.15) is 31.9 Å². The lowest BCUT2D eigenvalue weighted by atomic mass is 10.00. The van der Waals surface area contributed by atoms with Crippen LogP contribution in [0.25, 0.3) is 0 Å². The summed E-state index contributed by atoms with van der Waals surface area (Å²) < 4.78 is 5.17. The number of benzene rings is 1.